The van der Waals surface area contributed by atoms with Gasteiger partial charge in [-0.25, -0.2) is 0 Å². The Hall–Kier alpha value is -2.11. The monoisotopic (exact) mass is 262 g/mol. The zero-order chi connectivity index (χ0) is 13.6. The number of hydrogen-bond donors (Lipinski definition) is 2. The number of nitrogens with zero attached hydrogens (tertiary/aromatic N) is 1. The molecule has 2 aliphatic rings. The lowest BCUT2D eigenvalue weighted by molar-refractivity contribution is -0.385. The predicted molar refractivity (Wildman–Crippen MR) is 67.7 cm³/mol. The Bertz CT molecular complexity index is 554. The second-order valence-corrected chi connectivity index (χ2v) is 5.29. The van der Waals surface area contributed by atoms with Crippen LogP contribution in [-0.4, -0.2) is 15.9 Å². The minimum atomic E-state index is -0.672. The molecule has 0 aliphatic heterocycles. The molecule has 100 valence electrons. The van der Waals surface area contributed by atoms with Crippen LogP contribution in [0.1, 0.15) is 19.3 Å². The first-order valence-corrected chi connectivity index (χ1v) is 6.34. The molecular weight excluding hydrogens is 248 g/mol. The van der Waals surface area contributed by atoms with E-state index in [2.05, 4.69) is 5.32 Å². The van der Waals surface area contributed by atoms with Crippen molar-refractivity contribution in [2.45, 2.75) is 19.3 Å². The predicted octanol–water partition coefficient (Wildman–Crippen LogP) is 2.29. The number of aromatic hydroxyl groups is 1. The maximum absolute atomic E-state index is 11.9. The fourth-order valence-electron chi connectivity index (χ4n) is 2.54. The summed E-state index contributed by atoms with van der Waals surface area (Å²) in [6.07, 6.45) is 3.37. The second-order valence-electron chi connectivity index (χ2n) is 5.29. The van der Waals surface area contributed by atoms with E-state index in [1.54, 1.807) is 0 Å². The third-order valence-electron chi connectivity index (χ3n) is 3.84. The number of nitrogens with one attached hydrogen (secondary N) is 1. The number of hydrogen-bond acceptors (Lipinski definition) is 4. The molecule has 19 heavy (non-hydrogen) atoms. The van der Waals surface area contributed by atoms with Gasteiger partial charge in [0.05, 0.1) is 4.92 Å². The molecule has 0 bridgehead atoms. The van der Waals surface area contributed by atoms with Crippen LogP contribution in [0.2, 0.25) is 0 Å². The first-order chi connectivity index (χ1) is 9.06. The van der Waals surface area contributed by atoms with Crippen LogP contribution in [0.5, 0.6) is 5.75 Å². The van der Waals surface area contributed by atoms with Crippen molar-refractivity contribution in [3.8, 4) is 5.75 Å². The van der Waals surface area contributed by atoms with E-state index in [0.717, 1.165) is 6.42 Å². The van der Waals surface area contributed by atoms with Crippen molar-refractivity contribution < 1.29 is 14.8 Å². The number of nitro benzene ring substituents is 1. The topological polar surface area (TPSA) is 92.5 Å². The molecule has 2 saturated carbocycles. The highest BCUT2D eigenvalue weighted by molar-refractivity contribution is 5.94. The zero-order valence-corrected chi connectivity index (χ0v) is 10.2. The van der Waals surface area contributed by atoms with Crippen molar-refractivity contribution in [3.05, 3.63) is 28.3 Å². The van der Waals surface area contributed by atoms with Gasteiger partial charge in [0, 0.05) is 17.7 Å². The Morgan fingerprint density at radius 3 is 2.79 bits per heavy atom. The summed E-state index contributed by atoms with van der Waals surface area (Å²) >= 11 is 0. The number of phenols is 1. The Kier molecular flexibility index (Phi) is 2.66. The second kappa shape index (κ2) is 4.22. The molecule has 1 aromatic rings. The van der Waals surface area contributed by atoms with Gasteiger partial charge >= 0.3 is 5.69 Å². The van der Waals surface area contributed by atoms with E-state index < -0.39 is 16.4 Å². The van der Waals surface area contributed by atoms with Crippen molar-refractivity contribution in [1.29, 1.82) is 0 Å². The van der Waals surface area contributed by atoms with Gasteiger partial charge in [-0.3, -0.25) is 14.9 Å². The highest BCUT2D eigenvalue weighted by atomic mass is 16.6. The molecule has 2 N–H and O–H groups in total. The van der Waals surface area contributed by atoms with E-state index in [4.69, 9.17) is 0 Å². The van der Waals surface area contributed by atoms with Gasteiger partial charge in [0.25, 0.3) is 0 Å². The van der Waals surface area contributed by atoms with Crippen LogP contribution in [0.15, 0.2) is 18.2 Å². The molecule has 2 atom stereocenters. The van der Waals surface area contributed by atoms with Crippen molar-refractivity contribution in [1.82, 2.24) is 0 Å². The number of benzene rings is 1. The third kappa shape index (κ3) is 2.38. The van der Waals surface area contributed by atoms with Crippen molar-refractivity contribution in [2.24, 2.45) is 17.8 Å². The standard InChI is InChI=1S/C13H14N2O4/c16-12-4-3-8(5-11(12)15(18)19)14-13(17)10-6-9(10)7-1-2-7/h3-5,7,9-10,16H,1-2,6H2,(H,14,17). The average molecular weight is 262 g/mol. The number of phenolic OH excluding ortho intramolecular Hbond substituents is 1. The van der Waals surface area contributed by atoms with Crippen LogP contribution in [0, 0.1) is 27.9 Å². The summed E-state index contributed by atoms with van der Waals surface area (Å²) in [7, 11) is 0. The molecule has 2 aliphatic carbocycles. The lowest BCUT2D eigenvalue weighted by Gasteiger charge is -2.05. The van der Waals surface area contributed by atoms with Gasteiger partial charge in [-0.2, -0.15) is 0 Å². The lowest BCUT2D eigenvalue weighted by atomic mass is 10.2. The molecule has 2 unspecified atom stereocenters. The smallest absolute Gasteiger partial charge is 0.312 e. The number of carbonyl (C=O) groups is 1. The molecule has 1 aromatic carbocycles. The molecule has 6 heteroatoms. The van der Waals surface area contributed by atoms with Gasteiger partial charge in [-0.1, -0.05) is 0 Å². The van der Waals surface area contributed by atoms with E-state index in [0.29, 0.717) is 17.5 Å². The number of amides is 1. The summed E-state index contributed by atoms with van der Waals surface area (Å²) in [4.78, 5) is 22.0. The van der Waals surface area contributed by atoms with Crippen molar-refractivity contribution >= 4 is 17.3 Å². The van der Waals surface area contributed by atoms with Crippen LogP contribution < -0.4 is 5.32 Å². The maximum atomic E-state index is 11.9. The van der Waals surface area contributed by atoms with Gasteiger partial charge in [0.1, 0.15) is 0 Å². The normalized spacial score (nSPS) is 24.8. The fraction of sp³-hybridized carbons (Fsp3) is 0.462. The molecule has 3 rings (SSSR count). The van der Waals surface area contributed by atoms with E-state index in [1.807, 2.05) is 0 Å². The minimum absolute atomic E-state index is 0.0559. The average Bonchev–Trinajstić information content (AvgIpc) is 3.23. The Balaban J connectivity index is 1.68. The SMILES string of the molecule is O=C(Nc1ccc(O)c([N+](=O)[O-])c1)C1CC1C1CC1. The molecular formula is C13H14N2O4. The number of nitro groups is 1. The van der Waals surface area contributed by atoms with Gasteiger partial charge < -0.3 is 10.4 Å². The molecule has 1 amide bonds. The molecule has 2 fully saturated rings. The lowest BCUT2D eigenvalue weighted by Crippen LogP contribution is -2.15. The minimum Gasteiger partial charge on any atom is -0.502 e. The quantitative estimate of drug-likeness (QED) is 0.494. The number of anilines is 1. The first-order valence-electron chi connectivity index (χ1n) is 6.34. The maximum Gasteiger partial charge on any atom is 0.312 e. The Labute approximate surface area is 109 Å². The van der Waals surface area contributed by atoms with Crippen molar-refractivity contribution in [3.63, 3.8) is 0 Å². The van der Waals surface area contributed by atoms with Crippen LogP contribution in [0.25, 0.3) is 0 Å². The van der Waals surface area contributed by atoms with E-state index in [9.17, 15) is 20.0 Å². The molecule has 0 spiro atoms. The van der Waals surface area contributed by atoms with E-state index in [-0.39, 0.29) is 11.8 Å². The van der Waals surface area contributed by atoms with Gasteiger partial charge in [0.2, 0.25) is 5.91 Å². The molecule has 0 saturated heterocycles. The molecule has 0 aromatic heterocycles. The molecule has 6 nitrogen and oxygen atoms in total. The Morgan fingerprint density at radius 2 is 2.16 bits per heavy atom. The summed E-state index contributed by atoms with van der Waals surface area (Å²) < 4.78 is 0. The Morgan fingerprint density at radius 1 is 1.42 bits per heavy atom. The van der Waals surface area contributed by atoms with Crippen LogP contribution >= 0.6 is 0 Å². The van der Waals surface area contributed by atoms with Gasteiger partial charge in [0.15, 0.2) is 5.75 Å². The zero-order valence-electron chi connectivity index (χ0n) is 10.2. The van der Waals surface area contributed by atoms with E-state index >= 15 is 0 Å². The van der Waals surface area contributed by atoms with Gasteiger partial charge in [-0.15, -0.1) is 0 Å². The summed E-state index contributed by atoms with van der Waals surface area (Å²) in [5.41, 5.74) is -0.0386. The fourth-order valence-corrected chi connectivity index (χ4v) is 2.54. The van der Waals surface area contributed by atoms with Crippen LogP contribution in [0.4, 0.5) is 11.4 Å². The highest BCUT2D eigenvalue weighted by Crippen LogP contribution is 2.54. The van der Waals surface area contributed by atoms with Crippen LogP contribution in [0.3, 0.4) is 0 Å². The molecule has 0 radical (unpaired) electrons. The third-order valence-corrected chi connectivity index (χ3v) is 3.84. The highest BCUT2D eigenvalue weighted by Gasteiger charge is 2.51. The van der Waals surface area contributed by atoms with Crippen LogP contribution in [-0.2, 0) is 4.79 Å². The van der Waals surface area contributed by atoms with E-state index in [1.165, 1.54) is 31.0 Å². The summed E-state index contributed by atoms with van der Waals surface area (Å²) in [6.45, 7) is 0. The number of carbonyl (C=O) groups excluding carboxylic acids is 1. The summed E-state index contributed by atoms with van der Waals surface area (Å²) in [5.74, 6) is 0.805. The van der Waals surface area contributed by atoms with Crippen molar-refractivity contribution in [2.75, 3.05) is 5.32 Å². The summed E-state index contributed by atoms with van der Waals surface area (Å²) in [5, 5.41) is 22.7. The van der Waals surface area contributed by atoms with Gasteiger partial charge in [-0.05, 0) is 43.2 Å². The first kappa shape index (κ1) is 12.0. The summed E-state index contributed by atoms with van der Waals surface area (Å²) in [6, 6.07) is 3.87. The molecule has 0 heterocycles. The largest absolute Gasteiger partial charge is 0.502 e. The number of rotatable bonds is 4.